The minimum absolute atomic E-state index is 0.234. The van der Waals surface area contributed by atoms with Crippen molar-refractivity contribution >= 4 is 11.7 Å². The Morgan fingerprint density at radius 2 is 2.11 bits per heavy atom. The molecule has 0 saturated carbocycles. The van der Waals surface area contributed by atoms with Crippen molar-refractivity contribution in [3.8, 4) is 0 Å². The molecule has 0 spiro atoms. The number of nitrogens with zero attached hydrogens (tertiary/aromatic N) is 1. The van der Waals surface area contributed by atoms with E-state index in [0.29, 0.717) is 18.2 Å². The van der Waals surface area contributed by atoms with Crippen molar-refractivity contribution in [2.75, 3.05) is 18.0 Å². The topological polar surface area (TPSA) is 40.5 Å². The van der Waals surface area contributed by atoms with Crippen LogP contribution < -0.4 is 4.90 Å². The smallest absolute Gasteiger partial charge is 0.340 e. The highest BCUT2D eigenvalue weighted by Crippen LogP contribution is 2.24. The van der Waals surface area contributed by atoms with Crippen LogP contribution in [0, 0.1) is 11.7 Å². The summed E-state index contributed by atoms with van der Waals surface area (Å²) in [7, 11) is 0. The fourth-order valence-electron chi connectivity index (χ4n) is 1.89. The van der Waals surface area contributed by atoms with E-state index < -0.39 is 11.8 Å². The van der Waals surface area contributed by atoms with Crippen LogP contribution >= 0.6 is 0 Å². The summed E-state index contributed by atoms with van der Waals surface area (Å²) in [6.07, 6.45) is 1.01. The molecule has 0 heterocycles. The van der Waals surface area contributed by atoms with Crippen LogP contribution in [0.3, 0.4) is 0 Å². The minimum Gasteiger partial charge on any atom is -0.478 e. The van der Waals surface area contributed by atoms with E-state index in [9.17, 15) is 9.18 Å². The molecule has 4 heteroatoms. The standard InChI is InChI=1S/C14H20FNO2/c1-4-10(3)9-16(5-2)12-8-6-7-11(15)13(12)14(17)18/h6-8,10H,4-5,9H2,1-3H3,(H,17,18). The van der Waals surface area contributed by atoms with Crippen LogP contribution in [0.1, 0.15) is 37.6 Å². The van der Waals surface area contributed by atoms with Crippen LogP contribution in [-0.4, -0.2) is 24.2 Å². The fraction of sp³-hybridized carbons (Fsp3) is 0.500. The lowest BCUT2D eigenvalue weighted by molar-refractivity contribution is 0.0692. The third-order valence-electron chi connectivity index (χ3n) is 3.16. The molecule has 0 aliphatic carbocycles. The van der Waals surface area contributed by atoms with Gasteiger partial charge in [0.25, 0.3) is 0 Å². The predicted octanol–water partition coefficient (Wildman–Crippen LogP) is 3.40. The zero-order valence-electron chi connectivity index (χ0n) is 11.1. The number of halogens is 1. The molecule has 0 saturated heterocycles. The highest BCUT2D eigenvalue weighted by Gasteiger charge is 2.20. The molecular formula is C14H20FNO2. The second kappa shape index (κ2) is 6.38. The van der Waals surface area contributed by atoms with Crippen molar-refractivity contribution in [2.24, 2.45) is 5.92 Å². The van der Waals surface area contributed by atoms with Gasteiger partial charge in [0.15, 0.2) is 0 Å². The van der Waals surface area contributed by atoms with E-state index in [4.69, 9.17) is 5.11 Å². The molecule has 0 aliphatic rings. The largest absolute Gasteiger partial charge is 0.478 e. The van der Waals surface area contributed by atoms with Gasteiger partial charge in [0.2, 0.25) is 0 Å². The lowest BCUT2D eigenvalue weighted by atomic mass is 10.1. The van der Waals surface area contributed by atoms with Crippen molar-refractivity contribution in [3.05, 3.63) is 29.6 Å². The fourth-order valence-corrected chi connectivity index (χ4v) is 1.89. The summed E-state index contributed by atoms with van der Waals surface area (Å²) in [5.74, 6) is -1.46. The normalized spacial score (nSPS) is 12.2. The van der Waals surface area contributed by atoms with Gasteiger partial charge in [0.1, 0.15) is 11.4 Å². The van der Waals surface area contributed by atoms with E-state index in [1.807, 2.05) is 11.8 Å². The zero-order chi connectivity index (χ0) is 13.7. The number of hydrogen-bond donors (Lipinski definition) is 1. The van der Waals surface area contributed by atoms with E-state index in [1.165, 1.54) is 6.07 Å². The number of aromatic carboxylic acids is 1. The van der Waals surface area contributed by atoms with E-state index in [1.54, 1.807) is 12.1 Å². The molecule has 0 bridgehead atoms. The summed E-state index contributed by atoms with van der Waals surface area (Å²) in [4.78, 5) is 13.1. The van der Waals surface area contributed by atoms with Crippen LogP contribution in [0.2, 0.25) is 0 Å². The van der Waals surface area contributed by atoms with Crippen LogP contribution in [0.4, 0.5) is 10.1 Å². The van der Waals surface area contributed by atoms with Crippen molar-refractivity contribution in [3.63, 3.8) is 0 Å². The van der Waals surface area contributed by atoms with Crippen molar-refractivity contribution in [1.82, 2.24) is 0 Å². The van der Waals surface area contributed by atoms with Crippen molar-refractivity contribution < 1.29 is 14.3 Å². The Bertz CT molecular complexity index is 420. The quantitative estimate of drug-likeness (QED) is 0.844. The van der Waals surface area contributed by atoms with Gasteiger partial charge in [-0.15, -0.1) is 0 Å². The third-order valence-corrected chi connectivity index (χ3v) is 3.16. The first-order valence-corrected chi connectivity index (χ1v) is 6.27. The molecule has 0 aliphatic heterocycles. The number of hydrogen-bond acceptors (Lipinski definition) is 2. The van der Waals surface area contributed by atoms with Gasteiger partial charge in [0.05, 0.1) is 5.69 Å². The first kappa shape index (κ1) is 14.5. The summed E-state index contributed by atoms with van der Waals surface area (Å²) >= 11 is 0. The maximum absolute atomic E-state index is 13.6. The van der Waals surface area contributed by atoms with Gasteiger partial charge in [-0.1, -0.05) is 26.3 Å². The first-order chi connectivity index (χ1) is 8.51. The molecule has 0 fully saturated rings. The molecule has 1 aromatic carbocycles. The molecule has 100 valence electrons. The second-order valence-corrected chi connectivity index (χ2v) is 4.49. The molecule has 0 aromatic heterocycles. The molecule has 1 atom stereocenters. The number of carbonyl (C=O) groups is 1. The molecular weight excluding hydrogens is 233 g/mol. The van der Waals surface area contributed by atoms with E-state index >= 15 is 0 Å². The Morgan fingerprint density at radius 1 is 1.44 bits per heavy atom. The van der Waals surface area contributed by atoms with Crippen LogP contribution in [0.25, 0.3) is 0 Å². The summed E-state index contributed by atoms with van der Waals surface area (Å²) in [5, 5.41) is 9.12. The molecule has 3 nitrogen and oxygen atoms in total. The monoisotopic (exact) mass is 253 g/mol. The molecule has 1 aromatic rings. The SMILES string of the molecule is CCC(C)CN(CC)c1cccc(F)c1C(=O)O. The van der Waals surface area contributed by atoms with Gasteiger partial charge in [-0.05, 0) is 25.0 Å². The maximum Gasteiger partial charge on any atom is 0.340 e. The Hall–Kier alpha value is -1.58. The van der Waals surface area contributed by atoms with E-state index in [-0.39, 0.29) is 5.56 Å². The summed E-state index contributed by atoms with van der Waals surface area (Å²) in [6.45, 7) is 7.52. The Kier molecular flexibility index (Phi) is 5.13. The lowest BCUT2D eigenvalue weighted by Crippen LogP contribution is -2.29. The number of anilines is 1. The highest BCUT2D eigenvalue weighted by molar-refractivity contribution is 5.94. The minimum atomic E-state index is -1.22. The molecule has 0 radical (unpaired) electrons. The Balaban J connectivity index is 3.13. The van der Waals surface area contributed by atoms with Crippen LogP contribution in [-0.2, 0) is 0 Å². The van der Waals surface area contributed by atoms with Gasteiger partial charge >= 0.3 is 5.97 Å². The van der Waals surface area contributed by atoms with Gasteiger partial charge in [0, 0.05) is 13.1 Å². The Labute approximate surface area is 107 Å². The lowest BCUT2D eigenvalue weighted by Gasteiger charge is -2.27. The van der Waals surface area contributed by atoms with Gasteiger partial charge in [-0.25, -0.2) is 9.18 Å². The number of benzene rings is 1. The number of carboxylic acids is 1. The molecule has 18 heavy (non-hydrogen) atoms. The number of carboxylic acid groups (broad SMARTS) is 1. The van der Waals surface area contributed by atoms with Gasteiger partial charge < -0.3 is 10.0 Å². The van der Waals surface area contributed by atoms with Crippen molar-refractivity contribution in [2.45, 2.75) is 27.2 Å². The first-order valence-electron chi connectivity index (χ1n) is 6.27. The summed E-state index contributed by atoms with van der Waals surface area (Å²) in [6, 6.07) is 4.40. The Morgan fingerprint density at radius 3 is 2.61 bits per heavy atom. The highest BCUT2D eigenvalue weighted by atomic mass is 19.1. The molecule has 1 unspecified atom stereocenters. The van der Waals surface area contributed by atoms with Gasteiger partial charge in [-0.3, -0.25) is 0 Å². The van der Waals surface area contributed by atoms with Crippen LogP contribution in [0.5, 0.6) is 0 Å². The summed E-state index contributed by atoms with van der Waals surface area (Å²) < 4.78 is 13.6. The molecule has 1 N–H and O–H groups in total. The average Bonchev–Trinajstić information content (AvgIpc) is 2.34. The van der Waals surface area contributed by atoms with E-state index in [2.05, 4.69) is 13.8 Å². The van der Waals surface area contributed by atoms with Gasteiger partial charge in [-0.2, -0.15) is 0 Å². The van der Waals surface area contributed by atoms with Crippen LogP contribution in [0.15, 0.2) is 18.2 Å². The zero-order valence-corrected chi connectivity index (χ0v) is 11.1. The molecule has 0 amide bonds. The van der Waals surface area contributed by atoms with E-state index in [0.717, 1.165) is 13.0 Å². The van der Waals surface area contributed by atoms with Crippen molar-refractivity contribution in [1.29, 1.82) is 0 Å². The second-order valence-electron chi connectivity index (χ2n) is 4.49. The summed E-state index contributed by atoms with van der Waals surface area (Å²) in [5.41, 5.74) is 0.230. The third kappa shape index (κ3) is 3.22. The number of rotatable bonds is 6. The predicted molar refractivity (Wildman–Crippen MR) is 70.7 cm³/mol. The maximum atomic E-state index is 13.6. The molecule has 1 rings (SSSR count). The average molecular weight is 253 g/mol.